The number of hydrogen-bond acceptors (Lipinski definition) is 3. The van der Waals surface area contributed by atoms with Crippen LogP contribution < -0.4 is 5.56 Å². The first-order valence-electron chi connectivity index (χ1n) is 10.6. The number of aromatic nitrogens is 3. The fourth-order valence-corrected chi connectivity index (χ4v) is 5.01. The minimum atomic E-state index is 0.0929. The first kappa shape index (κ1) is 17.7. The summed E-state index contributed by atoms with van der Waals surface area (Å²) in [6.07, 6.45) is 9.14. The molecule has 1 N–H and O–H groups in total. The number of para-hydroxylation sites is 1. The van der Waals surface area contributed by atoms with Crippen molar-refractivity contribution in [1.82, 2.24) is 19.4 Å². The molecule has 0 atom stereocenters. The van der Waals surface area contributed by atoms with E-state index in [1.54, 1.807) is 0 Å². The minimum absolute atomic E-state index is 0.0929. The van der Waals surface area contributed by atoms with Gasteiger partial charge >= 0.3 is 0 Å². The van der Waals surface area contributed by atoms with Gasteiger partial charge in [-0.25, -0.2) is 4.98 Å². The molecule has 0 spiro atoms. The molecule has 0 unspecified atom stereocenters. The van der Waals surface area contributed by atoms with Gasteiger partial charge in [0.2, 0.25) is 0 Å². The number of nitrogens with one attached hydrogen (secondary N) is 1. The first-order valence-corrected chi connectivity index (χ1v) is 10.6. The van der Waals surface area contributed by atoms with Gasteiger partial charge < -0.3 is 9.55 Å². The summed E-state index contributed by atoms with van der Waals surface area (Å²) in [7, 11) is 2.11. The molecule has 0 bridgehead atoms. The van der Waals surface area contributed by atoms with E-state index in [9.17, 15) is 4.79 Å². The van der Waals surface area contributed by atoms with E-state index in [0.717, 1.165) is 56.0 Å². The standard InChI is InChI=1S/C23H28N4O/c1-26-13-17(18-9-5-6-10-21(18)26)14-27-12-11-19-20(15-27)24-22(25-23(19)28)16-7-3-2-4-8-16/h5-6,9-10,13,16H,2-4,7-8,11-12,14-15H2,1H3,(H,24,25,28). The molecular formula is C23H28N4O. The van der Waals surface area contributed by atoms with Crippen LogP contribution in [0, 0.1) is 0 Å². The molecule has 0 radical (unpaired) electrons. The largest absolute Gasteiger partial charge is 0.350 e. The zero-order chi connectivity index (χ0) is 19.1. The summed E-state index contributed by atoms with van der Waals surface area (Å²) >= 11 is 0. The van der Waals surface area contributed by atoms with Crippen LogP contribution in [0.1, 0.15) is 60.7 Å². The monoisotopic (exact) mass is 376 g/mol. The summed E-state index contributed by atoms with van der Waals surface area (Å²) in [6.45, 7) is 2.57. The molecule has 1 aromatic carbocycles. The molecule has 0 amide bonds. The molecule has 1 aliphatic carbocycles. The number of fused-ring (bicyclic) bond motifs is 2. The normalized spacial score (nSPS) is 18.5. The fourth-order valence-electron chi connectivity index (χ4n) is 5.01. The molecule has 2 aromatic heterocycles. The molecule has 28 heavy (non-hydrogen) atoms. The molecule has 5 nitrogen and oxygen atoms in total. The topological polar surface area (TPSA) is 53.9 Å². The lowest BCUT2D eigenvalue weighted by atomic mass is 9.88. The van der Waals surface area contributed by atoms with Gasteiger partial charge in [0.1, 0.15) is 5.82 Å². The molecule has 2 aliphatic rings. The highest BCUT2D eigenvalue weighted by atomic mass is 16.1. The Morgan fingerprint density at radius 1 is 1.18 bits per heavy atom. The number of hydrogen-bond donors (Lipinski definition) is 1. The second kappa shape index (κ2) is 7.21. The van der Waals surface area contributed by atoms with Crippen LogP contribution in [-0.2, 0) is 26.6 Å². The van der Waals surface area contributed by atoms with Crippen LogP contribution in [0.3, 0.4) is 0 Å². The van der Waals surface area contributed by atoms with Crippen molar-refractivity contribution in [3.8, 4) is 0 Å². The lowest BCUT2D eigenvalue weighted by Gasteiger charge is -2.28. The van der Waals surface area contributed by atoms with Crippen LogP contribution in [-0.4, -0.2) is 26.0 Å². The third kappa shape index (κ3) is 3.18. The van der Waals surface area contributed by atoms with Gasteiger partial charge in [-0.15, -0.1) is 0 Å². The van der Waals surface area contributed by atoms with Crippen LogP contribution >= 0.6 is 0 Å². The maximum atomic E-state index is 12.7. The van der Waals surface area contributed by atoms with Crippen LogP contribution in [0.2, 0.25) is 0 Å². The van der Waals surface area contributed by atoms with Crippen molar-refractivity contribution < 1.29 is 0 Å². The SMILES string of the molecule is Cn1cc(CN2CCc3c(nc(C4CCCCC4)[nH]c3=O)C2)c2ccccc21. The maximum Gasteiger partial charge on any atom is 0.254 e. The number of nitrogens with zero attached hydrogens (tertiary/aromatic N) is 3. The van der Waals surface area contributed by atoms with Gasteiger partial charge in [0.05, 0.1) is 5.69 Å². The zero-order valence-corrected chi connectivity index (χ0v) is 16.6. The van der Waals surface area contributed by atoms with Crippen molar-refractivity contribution in [2.45, 2.75) is 57.5 Å². The lowest BCUT2D eigenvalue weighted by molar-refractivity contribution is 0.240. The third-order valence-electron chi connectivity index (χ3n) is 6.54. The fraction of sp³-hybridized carbons (Fsp3) is 0.478. The van der Waals surface area contributed by atoms with E-state index in [1.807, 2.05) is 0 Å². The average Bonchev–Trinajstić information content (AvgIpc) is 3.04. The van der Waals surface area contributed by atoms with E-state index < -0.39 is 0 Å². The Morgan fingerprint density at radius 3 is 2.86 bits per heavy atom. The Balaban J connectivity index is 1.41. The molecule has 3 heterocycles. The van der Waals surface area contributed by atoms with Crippen LogP contribution in [0.4, 0.5) is 0 Å². The molecule has 5 rings (SSSR count). The second-order valence-electron chi connectivity index (χ2n) is 8.45. The minimum Gasteiger partial charge on any atom is -0.350 e. The maximum absolute atomic E-state index is 12.7. The van der Waals surface area contributed by atoms with E-state index >= 15 is 0 Å². The number of aryl methyl sites for hydroxylation is 1. The smallest absolute Gasteiger partial charge is 0.254 e. The summed E-state index contributed by atoms with van der Waals surface area (Å²) < 4.78 is 2.20. The van der Waals surface area contributed by atoms with Crippen molar-refractivity contribution >= 4 is 10.9 Å². The van der Waals surface area contributed by atoms with Gasteiger partial charge in [0.15, 0.2) is 0 Å². The molecule has 1 fully saturated rings. The van der Waals surface area contributed by atoms with E-state index in [-0.39, 0.29) is 5.56 Å². The summed E-state index contributed by atoms with van der Waals surface area (Å²) in [5.74, 6) is 1.36. The summed E-state index contributed by atoms with van der Waals surface area (Å²) in [6, 6.07) is 8.57. The molecule has 5 heteroatoms. The first-order chi connectivity index (χ1) is 13.7. The van der Waals surface area contributed by atoms with Gasteiger partial charge in [0, 0.05) is 55.3 Å². The Labute approximate surface area is 165 Å². The van der Waals surface area contributed by atoms with Gasteiger partial charge in [-0.1, -0.05) is 37.5 Å². The molecule has 1 saturated carbocycles. The summed E-state index contributed by atoms with van der Waals surface area (Å²) in [5, 5.41) is 1.32. The van der Waals surface area contributed by atoms with Gasteiger partial charge in [0.25, 0.3) is 5.56 Å². The van der Waals surface area contributed by atoms with Crippen molar-refractivity contribution in [2.75, 3.05) is 6.54 Å². The highest BCUT2D eigenvalue weighted by Crippen LogP contribution is 2.31. The van der Waals surface area contributed by atoms with Crippen molar-refractivity contribution in [3.05, 3.63) is 63.5 Å². The van der Waals surface area contributed by atoms with E-state index in [1.165, 1.54) is 35.7 Å². The molecule has 0 saturated heterocycles. The Morgan fingerprint density at radius 2 is 2.00 bits per heavy atom. The van der Waals surface area contributed by atoms with Crippen LogP contribution in [0.15, 0.2) is 35.3 Å². The van der Waals surface area contributed by atoms with E-state index in [4.69, 9.17) is 4.98 Å². The van der Waals surface area contributed by atoms with Crippen molar-refractivity contribution in [3.63, 3.8) is 0 Å². The number of H-pyrrole nitrogens is 1. The Bertz CT molecular complexity index is 1060. The third-order valence-corrected chi connectivity index (χ3v) is 6.54. The number of benzene rings is 1. The molecule has 146 valence electrons. The zero-order valence-electron chi connectivity index (χ0n) is 16.6. The predicted octanol–water partition coefficient (Wildman–Crippen LogP) is 3.87. The Kier molecular flexibility index (Phi) is 4.55. The lowest BCUT2D eigenvalue weighted by Crippen LogP contribution is -2.35. The molecule has 1 aliphatic heterocycles. The number of aromatic amines is 1. The summed E-state index contributed by atoms with van der Waals surface area (Å²) in [4.78, 5) is 23.1. The highest BCUT2D eigenvalue weighted by Gasteiger charge is 2.25. The van der Waals surface area contributed by atoms with Gasteiger partial charge in [-0.3, -0.25) is 9.69 Å². The van der Waals surface area contributed by atoms with Crippen molar-refractivity contribution in [1.29, 1.82) is 0 Å². The number of rotatable bonds is 3. The van der Waals surface area contributed by atoms with Gasteiger partial charge in [-0.2, -0.15) is 0 Å². The highest BCUT2D eigenvalue weighted by molar-refractivity contribution is 5.83. The Hall–Kier alpha value is -2.40. The van der Waals surface area contributed by atoms with Gasteiger partial charge in [-0.05, 0) is 30.9 Å². The second-order valence-corrected chi connectivity index (χ2v) is 8.45. The average molecular weight is 377 g/mol. The summed E-state index contributed by atoms with van der Waals surface area (Å²) in [5.41, 5.74) is 4.60. The molecule has 3 aromatic rings. The predicted molar refractivity (Wildman–Crippen MR) is 111 cm³/mol. The van der Waals surface area contributed by atoms with Crippen LogP contribution in [0.25, 0.3) is 10.9 Å². The van der Waals surface area contributed by atoms with E-state index in [2.05, 4.69) is 52.0 Å². The van der Waals surface area contributed by atoms with Crippen LogP contribution in [0.5, 0.6) is 0 Å². The quantitative estimate of drug-likeness (QED) is 0.755. The van der Waals surface area contributed by atoms with Crippen molar-refractivity contribution in [2.24, 2.45) is 7.05 Å². The van der Waals surface area contributed by atoms with E-state index in [0.29, 0.717) is 5.92 Å². The molecular weight excluding hydrogens is 348 g/mol.